The molecule has 1 N–H and O–H groups in total. The molecule has 3 aromatic rings. The second-order valence-electron chi connectivity index (χ2n) is 10.3. The molecule has 0 spiro atoms. The maximum Gasteiger partial charge on any atom is 0.338 e. The number of carbonyl (C=O) groups is 3. The number of hydrogen-bond acceptors (Lipinski definition) is 9. The fraction of sp³-hybridized carbons (Fsp3) is 0.303. The lowest BCUT2D eigenvalue weighted by atomic mass is 9.79. The van der Waals surface area contributed by atoms with Crippen molar-refractivity contribution in [1.82, 2.24) is 0 Å². The van der Waals surface area contributed by atoms with Crippen LogP contribution in [0.3, 0.4) is 0 Å². The predicted octanol–water partition coefficient (Wildman–Crippen LogP) is 6.52. The van der Waals surface area contributed by atoms with E-state index in [9.17, 15) is 39.7 Å². The highest BCUT2D eigenvalue weighted by Gasteiger charge is 2.30. The molecule has 0 radical (unpaired) electrons. The molecule has 0 aliphatic carbocycles. The van der Waals surface area contributed by atoms with Gasteiger partial charge in [-0.2, -0.15) is 0 Å². The standard InChI is InChI=1S/C33H34N2O10/c1-44-31(36)20-11-23-7-12-26(13-8-23)33(39)45-21-5-3-2-4-6-29(25-14-18-28(19-15-25)35(42)43)30(32(37)38)22-24-9-16-27(17-10-24)34(40)41/h7-20,29-30H,2-6,21-22H2,1H3,(H,37,38)/b20-11+. The summed E-state index contributed by atoms with van der Waals surface area (Å²) in [5, 5.41) is 32.3. The molecule has 0 amide bonds. The molecule has 0 bridgehead atoms. The summed E-state index contributed by atoms with van der Waals surface area (Å²) in [6.45, 7) is 0.215. The van der Waals surface area contributed by atoms with E-state index in [1.165, 1.54) is 37.5 Å². The van der Waals surface area contributed by atoms with Crippen LogP contribution in [-0.2, 0) is 25.5 Å². The molecule has 0 saturated carbocycles. The van der Waals surface area contributed by atoms with E-state index in [1.54, 1.807) is 54.6 Å². The average molecular weight is 619 g/mol. The first-order chi connectivity index (χ1) is 21.6. The van der Waals surface area contributed by atoms with Crippen molar-refractivity contribution in [3.8, 4) is 0 Å². The number of ether oxygens (including phenoxy) is 2. The van der Waals surface area contributed by atoms with Crippen LogP contribution in [0.25, 0.3) is 6.08 Å². The largest absolute Gasteiger partial charge is 0.481 e. The summed E-state index contributed by atoms with van der Waals surface area (Å²) in [5.41, 5.74) is 2.21. The Hall–Kier alpha value is -5.39. The second kappa shape index (κ2) is 17.0. The number of rotatable bonds is 17. The van der Waals surface area contributed by atoms with E-state index in [-0.39, 0.29) is 24.4 Å². The molecule has 45 heavy (non-hydrogen) atoms. The molecule has 0 saturated heterocycles. The Balaban J connectivity index is 1.55. The SMILES string of the molecule is COC(=O)/C=C/c1ccc(C(=O)OCCCCCCC(c2ccc([N+](=O)[O-])cc2)C(Cc2ccc([N+](=O)[O-])cc2)C(=O)O)cc1. The van der Waals surface area contributed by atoms with E-state index in [0.717, 1.165) is 18.4 Å². The number of nitrogens with zero attached hydrogens (tertiary/aromatic N) is 2. The zero-order valence-corrected chi connectivity index (χ0v) is 24.7. The fourth-order valence-electron chi connectivity index (χ4n) is 4.88. The molecule has 12 nitrogen and oxygen atoms in total. The number of methoxy groups -OCH3 is 1. The Labute approximate surface area is 259 Å². The Kier molecular flexibility index (Phi) is 12.9. The molecular formula is C33H34N2O10. The van der Waals surface area contributed by atoms with Gasteiger partial charge in [-0.05, 0) is 60.1 Å². The lowest BCUT2D eigenvalue weighted by Crippen LogP contribution is -2.24. The van der Waals surface area contributed by atoms with Gasteiger partial charge in [-0.25, -0.2) is 9.59 Å². The van der Waals surface area contributed by atoms with Gasteiger partial charge in [0.1, 0.15) is 0 Å². The highest BCUT2D eigenvalue weighted by Crippen LogP contribution is 2.34. The molecule has 0 fully saturated rings. The van der Waals surface area contributed by atoms with E-state index in [4.69, 9.17) is 4.74 Å². The zero-order chi connectivity index (χ0) is 32.8. The van der Waals surface area contributed by atoms with Crippen LogP contribution in [0.4, 0.5) is 11.4 Å². The first kappa shape index (κ1) is 34.1. The number of carbonyl (C=O) groups excluding carboxylic acids is 2. The fourth-order valence-corrected chi connectivity index (χ4v) is 4.88. The van der Waals surface area contributed by atoms with Gasteiger partial charge in [0.2, 0.25) is 0 Å². The van der Waals surface area contributed by atoms with Gasteiger partial charge in [-0.1, -0.05) is 55.7 Å². The number of non-ortho nitro benzene ring substituents is 2. The second-order valence-corrected chi connectivity index (χ2v) is 10.3. The molecule has 2 unspecified atom stereocenters. The van der Waals surface area contributed by atoms with E-state index < -0.39 is 39.6 Å². The van der Waals surface area contributed by atoms with Crippen LogP contribution in [-0.4, -0.2) is 46.6 Å². The monoisotopic (exact) mass is 618 g/mol. The summed E-state index contributed by atoms with van der Waals surface area (Å²) in [4.78, 5) is 57.1. The Morgan fingerprint density at radius 3 is 1.96 bits per heavy atom. The number of nitro groups is 2. The van der Waals surface area contributed by atoms with Crippen LogP contribution in [0.5, 0.6) is 0 Å². The number of carboxylic acids is 1. The highest BCUT2D eigenvalue weighted by atomic mass is 16.6. The third kappa shape index (κ3) is 10.7. The number of aliphatic carboxylic acids is 1. The lowest BCUT2D eigenvalue weighted by Gasteiger charge is -2.25. The van der Waals surface area contributed by atoms with Gasteiger partial charge in [0, 0.05) is 30.3 Å². The van der Waals surface area contributed by atoms with Gasteiger partial charge in [-0.3, -0.25) is 25.0 Å². The van der Waals surface area contributed by atoms with E-state index >= 15 is 0 Å². The summed E-state index contributed by atoms with van der Waals surface area (Å²) in [7, 11) is 1.28. The van der Waals surface area contributed by atoms with Crippen molar-refractivity contribution in [2.45, 2.75) is 44.4 Å². The van der Waals surface area contributed by atoms with Gasteiger partial charge >= 0.3 is 17.9 Å². The van der Waals surface area contributed by atoms with Gasteiger partial charge in [0.25, 0.3) is 11.4 Å². The summed E-state index contributed by atoms with van der Waals surface area (Å²) in [5.74, 6) is -3.30. The molecule has 0 aliphatic heterocycles. The van der Waals surface area contributed by atoms with E-state index in [1.807, 2.05) is 0 Å². The van der Waals surface area contributed by atoms with Crippen molar-refractivity contribution in [2.75, 3.05) is 13.7 Å². The molecule has 3 aromatic carbocycles. The van der Waals surface area contributed by atoms with Crippen LogP contribution in [0.2, 0.25) is 0 Å². The van der Waals surface area contributed by atoms with Crippen LogP contribution in [0.15, 0.2) is 78.9 Å². The van der Waals surface area contributed by atoms with Crippen LogP contribution in [0.1, 0.15) is 65.1 Å². The Bertz CT molecular complexity index is 1500. The van der Waals surface area contributed by atoms with Crippen molar-refractivity contribution in [1.29, 1.82) is 0 Å². The minimum absolute atomic E-state index is 0.0917. The van der Waals surface area contributed by atoms with Crippen LogP contribution >= 0.6 is 0 Å². The molecule has 0 aliphatic rings. The van der Waals surface area contributed by atoms with Crippen molar-refractivity contribution >= 4 is 35.4 Å². The summed E-state index contributed by atoms with van der Waals surface area (Å²) in [6.07, 6.45) is 6.23. The number of esters is 2. The van der Waals surface area contributed by atoms with Crippen molar-refractivity contribution < 1.29 is 38.8 Å². The third-order valence-corrected chi connectivity index (χ3v) is 7.34. The normalized spacial score (nSPS) is 12.3. The molecule has 3 rings (SSSR count). The van der Waals surface area contributed by atoms with Crippen LogP contribution in [0, 0.1) is 26.1 Å². The number of unbranched alkanes of at least 4 members (excludes halogenated alkanes) is 3. The van der Waals surface area contributed by atoms with Gasteiger partial charge in [-0.15, -0.1) is 0 Å². The van der Waals surface area contributed by atoms with Gasteiger partial charge < -0.3 is 14.6 Å². The Morgan fingerprint density at radius 1 is 0.822 bits per heavy atom. The van der Waals surface area contributed by atoms with Crippen molar-refractivity contribution in [2.24, 2.45) is 5.92 Å². The maximum absolute atomic E-state index is 12.4. The summed E-state index contributed by atoms with van der Waals surface area (Å²) < 4.78 is 9.91. The van der Waals surface area contributed by atoms with E-state index in [0.29, 0.717) is 36.0 Å². The van der Waals surface area contributed by atoms with Gasteiger partial charge in [0.05, 0.1) is 35.0 Å². The van der Waals surface area contributed by atoms with Crippen LogP contribution < -0.4 is 0 Å². The number of benzene rings is 3. The first-order valence-electron chi connectivity index (χ1n) is 14.3. The third-order valence-electron chi connectivity index (χ3n) is 7.34. The molecule has 12 heteroatoms. The van der Waals surface area contributed by atoms with Crippen molar-refractivity contribution in [3.05, 3.63) is 121 Å². The zero-order valence-electron chi connectivity index (χ0n) is 24.7. The minimum atomic E-state index is -1.03. The molecular weight excluding hydrogens is 584 g/mol. The topological polar surface area (TPSA) is 176 Å². The number of hydrogen-bond donors (Lipinski definition) is 1. The number of nitro benzene ring substituents is 2. The number of carboxylic acid groups (broad SMARTS) is 1. The van der Waals surface area contributed by atoms with E-state index in [2.05, 4.69) is 4.74 Å². The maximum atomic E-state index is 12.4. The Morgan fingerprint density at radius 2 is 1.40 bits per heavy atom. The molecule has 236 valence electrons. The smallest absolute Gasteiger partial charge is 0.338 e. The molecule has 2 atom stereocenters. The lowest BCUT2D eigenvalue weighted by molar-refractivity contribution is -0.385. The van der Waals surface area contributed by atoms with Crippen molar-refractivity contribution in [3.63, 3.8) is 0 Å². The summed E-state index contributed by atoms with van der Waals surface area (Å²) in [6, 6.07) is 18.2. The molecule has 0 aromatic heterocycles. The minimum Gasteiger partial charge on any atom is -0.481 e. The average Bonchev–Trinajstić information content (AvgIpc) is 3.04. The molecule has 0 heterocycles. The highest BCUT2D eigenvalue weighted by molar-refractivity contribution is 5.90. The first-order valence-corrected chi connectivity index (χ1v) is 14.3. The summed E-state index contributed by atoms with van der Waals surface area (Å²) >= 11 is 0. The quantitative estimate of drug-likeness (QED) is 0.0576. The predicted molar refractivity (Wildman–Crippen MR) is 165 cm³/mol. The van der Waals surface area contributed by atoms with Gasteiger partial charge in [0.15, 0.2) is 0 Å².